The molecule has 3 aromatic rings. The number of carbonyl (C=O) groups excluding carboxylic acids is 5. The second-order valence-corrected chi connectivity index (χ2v) is 14.1. The highest BCUT2D eigenvalue weighted by atomic mass is 32.1. The van der Waals surface area contributed by atoms with Gasteiger partial charge >= 0.3 is 11.9 Å². The van der Waals surface area contributed by atoms with Gasteiger partial charge < -0.3 is 30.7 Å². The summed E-state index contributed by atoms with van der Waals surface area (Å²) in [4.78, 5) is 87.4. The number of fused-ring (bicyclic) bond motifs is 2. The maximum absolute atomic E-state index is 13.4. The fraction of sp³-hybridized carbons (Fsp3) is 0.541. The van der Waals surface area contributed by atoms with E-state index in [1.165, 1.54) is 11.3 Å². The molecule has 1 aliphatic heterocycles. The molecule has 2 aromatic heterocycles. The molecule has 0 saturated carbocycles. The van der Waals surface area contributed by atoms with E-state index < -0.39 is 24.0 Å². The van der Waals surface area contributed by atoms with Crippen LogP contribution in [0.3, 0.4) is 0 Å². The summed E-state index contributed by atoms with van der Waals surface area (Å²) in [6.45, 7) is 11.3. The molecule has 1 aliphatic rings. The smallest absolute Gasteiger partial charge is 0.328 e. The van der Waals surface area contributed by atoms with Crippen molar-refractivity contribution in [2.75, 3.05) is 85.2 Å². The molecule has 4 N–H and O–H groups in total. The molecule has 17 heteroatoms. The third-order valence-electron chi connectivity index (χ3n) is 8.81. The average Bonchev–Trinajstić information content (AvgIpc) is 3.14. The number of rotatable bonds is 14. The first kappa shape index (κ1) is 42.2. The van der Waals surface area contributed by atoms with Crippen LogP contribution in [-0.2, 0) is 40.0 Å². The summed E-state index contributed by atoms with van der Waals surface area (Å²) in [5.41, 5.74) is 0.685. The van der Waals surface area contributed by atoms with Crippen molar-refractivity contribution in [1.82, 2.24) is 41.0 Å². The summed E-state index contributed by atoms with van der Waals surface area (Å²) in [7, 11) is 0. The van der Waals surface area contributed by atoms with Gasteiger partial charge in [0.05, 0.1) is 38.2 Å². The van der Waals surface area contributed by atoms with Crippen molar-refractivity contribution in [2.45, 2.75) is 46.3 Å². The highest BCUT2D eigenvalue weighted by Gasteiger charge is 2.22. The number of nitrogens with zero attached hydrogens (tertiary/aromatic N) is 4. The number of nitrogens with one attached hydrogen (secondary N) is 4. The molecule has 54 heavy (non-hydrogen) atoms. The molecular formula is C37H52N8O8S. The number of amides is 3. The Balaban J connectivity index is 1.42. The van der Waals surface area contributed by atoms with Crippen LogP contribution < -0.4 is 26.7 Å². The van der Waals surface area contributed by atoms with E-state index in [4.69, 9.17) is 9.47 Å². The van der Waals surface area contributed by atoms with Crippen LogP contribution in [0.15, 0.2) is 41.3 Å². The molecule has 3 amide bonds. The van der Waals surface area contributed by atoms with E-state index in [9.17, 15) is 28.8 Å². The second kappa shape index (κ2) is 21.4. The van der Waals surface area contributed by atoms with E-state index in [1.807, 2.05) is 32.9 Å². The summed E-state index contributed by atoms with van der Waals surface area (Å²) >= 11 is 1.44. The van der Waals surface area contributed by atoms with E-state index in [0.29, 0.717) is 68.0 Å². The molecule has 0 spiro atoms. The number of aromatic nitrogens is 1. The fourth-order valence-electron chi connectivity index (χ4n) is 5.91. The lowest BCUT2D eigenvalue weighted by molar-refractivity contribution is -0.147. The molecular weight excluding hydrogens is 717 g/mol. The average molecular weight is 769 g/mol. The molecule has 3 heterocycles. The van der Waals surface area contributed by atoms with E-state index >= 15 is 0 Å². The highest BCUT2D eigenvalue weighted by Crippen LogP contribution is 2.23. The zero-order valence-electron chi connectivity index (χ0n) is 31.5. The van der Waals surface area contributed by atoms with E-state index in [-0.39, 0.29) is 62.5 Å². The van der Waals surface area contributed by atoms with Crippen molar-refractivity contribution >= 4 is 61.3 Å². The summed E-state index contributed by atoms with van der Waals surface area (Å²) in [6.07, 6.45) is 1.66. The monoisotopic (exact) mass is 768 g/mol. The molecule has 0 bridgehead atoms. The van der Waals surface area contributed by atoms with Crippen LogP contribution in [0.4, 0.5) is 0 Å². The Bertz CT molecular complexity index is 1770. The molecule has 0 radical (unpaired) electrons. The molecule has 2 atom stereocenters. The van der Waals surface area contributed by atoms with Crippen LogP contribution in [-0.4, -0.2) is 147 Å². The standard InChI is InChI=1S/C37H52N8O8S/c1-5-52-36(50)25(3)41-32(47)23-43-14-12-38-13-15-44(24-33(48)42-26(4)37(51)53-6-2)17-19-45(18-16-43)22-31(46)40-21-27-9-10-30-29(20-27)34(49)28-8-7-11-39-35(28)54-30/h7-11,20,25-26,38H,5-6,12-19,21-24H2,1-4H3,(H,40,46)(H,41,47)(H,42,48)/t25-,26-/m0/s1. The Morgan fingerprint density at radius 2 is 1.31 bits per heavy atom. The summed E-state index contributed by atoms with van der Waals surface area (Å²) in [5, 5.41) is 12.9. The van der Waals surface area contributed by atoms with Crippen LogP contribution in [0, 0.1) is 0 Å². The first-order valence-electron chi connectivity index (χ1n) is 18.3. The topological polar surface area (TPSA) is 192 Å². The van der Waals surface area contributed by atoms with Gasteiger partial charge in [0, 0.05) is 75.2 Å². The molecule has 4 rings (SSSR count). The zero-order chi connectivity index (χ0) is 39.0. The number of hydrogen-bond donors (Lipinski definition) is 4. The van der Waals surface area contributed by atoms with Crippen molar-refractivity contribution in [3.05, 3.63) is 52.3 Å². The van der Waals surface area contributed by atoms with Crippen molar-refractivity contribution in [2.24, 2.45) is 0 Å². The first-order valence-corrected chi connectivity index (χ1v) is 19.2. The second-order valence-electron chi connectivity index (χ2n) is 13.1. The lowest BCUT2D eigenvalue weighted by Crippen LogP contribution is -2.51. The normalized spacial score (nSPS) is 16.4. The van der Waals surface area contributed by atoms with Crippen molar-refractivity contribution in [3.63, 3.8) is 0 Å². The third kappa shape index (κ3) is 13.1. The molecule has 1 aromatic carbocycles. The fourth-order valence-corrected chi connectivity index (χ4v) is 6.91. The maximum atomic E-state index is 13.4. The van der Waals surface area contributed by atoms with Gasteiger partial charge in [0.1, 0.15) is 16.9 Å². The van der Waals surface area contributed by atoms with Crippen LogP contribution in [0.2, 0.25) is 0 Å². The minimum atomic E-state index is -0.786. The molecule has 16 nitrogen and oxygen atoms in total. The lowest BCUT2D eigenvalue weighted by Gasteiger charge is -2.31. The van der Waals surface area contributed by atoms with Gasteiger partial charge in [0.2, 0.25) is 17.7 Å². The first-order chi connectivity index (χ1) is 26.0. The Morgan fingerprint density at radius 3 is 1.87 bits per heavy atom. The minimum Gasteiger partial charge on any atom is -0.464 e. The number of ether oxygens (including phenoxy) is 2. The Kier molecular flexibility index (Phi) is 16.7. The minimum absolute atomic E-state index is 0.0479. The van der Waals surface area contributed by atoms with Crippen LogP contribution in [0.1, 0.15) is 33.3 Å². The maximum Gasteiger partial charge on any atom is 0.328 e. The third-order valence-corrected chi connectivity index (χ3v) is 9.91. The predicted octanol–water partition coefficient (Wildman–Crippen LogP) is 0.0707. The largest absolute Gasteiger partial charge is 0.464 e. The molecule has 0 aliphatic carbocycles. The quantitative estimate of drug-likeness (QED) is 0.128. The Morgan fingerprint density at radius 1 is 0.778 bits per heavy atom. The highest BCUT2D eigenvalue weighted by molar-refractivity contribution is 7.24. The van der Waals surface area contributed by atoms with Gasteiger partial charge in [-0.3, -0.25) is 33.9 Å². The van der Waals surface area contributed by atoms with E-state index in [2.05, 4.69) is 26.3 Å². The van der Waals surface area contributed by atoms with E-state index in [0.717, 1.165) is 10.3 Å². The molecule has 1 fully saturated rings. The number of pyridine rings is 1. The van der Waals surface area contributed by atoms with Crippen LogP contribution >= 0.6 is 11.3 Å². The van der Waals surface area contributed by atoms with Gasteiger partial charge in [-0.2, -0.15) is 0 Å². The zero-order valence-corrected chi connectivity index (χ0v) is 32.3. The van der Waals surface area contributed by atoms with Gasteiger partial charge in [0.15, 0.2) is 5.43 Å². The molecule has 0 unspecified atom stereocenters. The van der Waals surface area contributed by atoms with Gasteiger partial charge in [-0.05, 0) is 57.5 Å². The van der Waals surface area contributed by atoms with Crippen molar-refractivity contribution in [1.29, 1.82) is 0 Å². The van der Waals surface area contributed by atoms with Gasteiger partial charge in [0.25, 0.3) is 0 Å². The summed E-state index contributed by atoms with van der Waals surface area (Å²) < 4.78 is 10.8. The Hall–Kier alpha value is -4.55. The van der Waals surface area contributed by atoms with Crippen molar-refractivity contribution < 1.29 is 33.4 Å². The van der Waals surface area contributed by atoms with Gasteiger partial charge in [-0.25, -0.2) is 14.6 Å². The lowest BCUT2D eigenvalue weighted by atomic mass is 10.1. The molecule has 1 saturated heterocycles. The predicted molar refractivity (Wildman–Crippen MR) is 206 cm³/mol. The number of esters is 2. The van der Waals surface area contributed by atoms with Gasteiger partial charge in [-0.1, -0.05) is 6.07 Å². The number of carbonyl (C=O) groups is 5. The van der Waals surface area contributed by atoms with E-state index in [1.54, 1.807) is 46.0 Å². The van der Waals surface area contributed by atoms with Crippen LogP contribution in [0.25, 0.3) is 20.3 Å². The van der Waals surface area contributed by atoms with Gasteiger partial charge in [-0.15, -0.1) is 11.3 Å². The number of hydrogen-bond acceptors (Lipinski definition) is 14. The molecule has 294 valence electrons. The Labute approximate surface area is 318 Å². The van der Waals surface area contributed by atoms with Crippen LogP contribution in [0.5, 0.6) is 0 Å². The van der Waals surface area contributed by atoms with Crippen molar-refractivity contribution in [3.8, 4) is 0 Å². The number of benzene rings is 1. The summed E-state index contributed by atoms with van der Waals surface area (Å²) in [5.74, 6) is -1.87. The SMILES string of the molecule is CCOC(=O)[C@H](C)NC(=O)CN1CCNCCN(CC(=O)N[C@@H](C)C(=O)OCC)CCN(CC(=O)NCc2ccc3sc4ncccc4c(=O)c3c2)CC1. The summed E-state index contributed by atoms with van der Waals surface area (Å²) in [6, 6.07) is 7.49.